The first-order chi connectivity index (χ1) is 10.4. The van der Waals surface area contributed by atoms with E-state index >= 15 is 0 Å². The van der Waals surface area contributed by atoms with Crippen LogP contribution in [0.25, 0.3) is 0 Å². The third-order valence-electron chi connectivity index (χ3n) is 4.90. The molecule has 22 heavy (non-hydrogen) atoms. The SMILES string of the molecule is NS(=O)(=O)Cc1cccc(C(=O)NC2CC23CCCCC3)c1. The van der Waals surface area contributed by atoms with Crippen molar-refractivity contribution in [1.29, 1.82) is 0 Å². The quantitative estimate of drug-likeness (QED) is 0.887. The summed E-state index contributed by atoms with van der Waals surface area (Å²) >= 11 is 0. The Hall–Kier alpha value is -1.40. The third kappa shape index (κ3) is 3.50. The van der Waals surface area contributed by atoms with Crippen LogP contribution in [0.4, 0.5) is 0 Å². The van der Waals surface area contributed by atoms with E-state index in [1.165, 1.54) is 32.1 Å². The minimum absolute atomic E-state index is 0.122. The zero-order valence-corrected chi connectivity index (χ0v) is 13.4. The molecular weight excluding hydrogens is 300 g/mol. The van der Waals surface area contributed by atoms with E-state index in [1.807, 2.05) is 0 Å². The number of amides is 1. The monoisotopic (exact) mass is 322 g/mol. The van der Waals surface area contributed by atoms with Crippen LogP contribution in [0.5, 0.6) is 0 Å². The van der Waals surface area contributed by atoms with E-state index in [0.29, 0.717) is 16.5 Å². The predicted octanol–water partition coefficient (Wildman–Crippen LogP) is 1.93. The van der Waals surface area contributed by atoms with Crippen molar-refractivity contribution in [3.63, 3.8) is 0 Å². The Morgan fingerprint density at radius 3 is 2.68 bits per heavy atom. The fourth-order valence-electron chi connectivity index (χ4n) is 3.64. The fourth-order valence-corrected chi connectivity index (χ4v) is 4.28. The van der Waals surface area contributed by atoms with Crippen LogP contribution in [0.1, 0.15) is 54.4 Å². The molecule has 1 aromatic carbocycles. The van der Waals surface area contributed by atoms with Gasteiger partial charge in [-0.05, 0) is 42.4 Å². The highest BCUT2D eigenvalue weighted by Gasteiger charge is 2.54. The maximum atomic E-state index is 12.3. The normalized spacial score (nSPS) is 23.2. The summed E-state index contributed by atoms with van der Waals surface area (Å²) in [5, 5.41) is 8.15. The highest BCUT2D eigenvalue weighted by atomic mass is 32.2. The van der Waals surface area contributed by atoms with Crippen molar-refractivity contribution in [2.75, 3.05) is 0 Å². The summed E-state index contributed by atoms with van der Waals surface area (Å²) in [4.78, 5) is 12.3. The summed E-state index contributed by atoms with van der Waals surface area (Å²) in [5.41, 5.74) is 1.38. The average molecular weight is 322 g/mol. The van der Waals surface area contributed by atoms with Gasteiger partial charge in [0.05, 0.1) is 5.75 Å². The van der Waals surface area contributed by atoms with E-state index in [2.05, 4.69) is 5.32 Å². The van der Waals surface area contributed by atoms with Crippen molar-refractivity contribution in [2.45, 2.75) is 50.3 Å². The third-order valence-corrected chi connectivity index (χ3v) is 5.64. The molecule has 3 rings (SSSR count). The summed E-state index contributed by atoms with van der Waals surface area (Å²) in [6.07, 6.45) is 7.33. The van der Waals surface area contributed by atoms with Crippen molar-refractivity contribution in [3.05, 3.63) is 35.4 Å². The first-order valence-corrected chi connectivity index (χ1v) is 9.50. The van der Waals surface area contributed by atoms with Gasteiger partial charge in [0.15, 0.2) is 0 Å². The molecule has 2 aliphatic carbocycles. The summed E-state index contributed by atoms with van der Waals surface area (Å²) in [6, 6.07) is 6.95. The van der Waals surface area contributed by atoms with Gasteiger partial charge in [-0.1, -0.05) is 31.4 Å². The largest absolute Gasteiger partial charge is 0.349 e. The number of primary sulfonamides is 1. The van der Waals surface area contributed by atoms with Gasteiger partial charge in [0.2, 0.25) is 10.0 Å². The van der Waals surface area contributed by atoms with Crippen LogP contribution in [0, 0.1) is 5.41 Å². The molecule has 0 radical (unpaired) electrons. The number of benzene rings is 1. The second kappa shape index (κ2) is 5.66. The van der Waals surface area contributed by atoms with E-state index < -0.39 is 10.0 Å². The first-order valence-electron chi connectivity index (χ1n) is 7.78. The standard InChI is InChI=1S/C16H22N2O3S/c17-22(20,21)11-12-5-4-6-13(9-12)15(19)18-14-10-16(14)7-2-1-3-8-16/h4-6,9,14H,1-3,7-8,10-11H2,(H,18,19)(H2,17,20,21). The van der Waals surface area contributed by atoms with Crippen LogP contribution in [0.15, 0.2) is 24.3 Å². The average Bonchev–Trinajstić information content (AvgIpc) is 3.09. The molecule has 2 saturated carbocycles. The number of nitrogens with one attached hydrogen (secondary N) is 1. The molecule has 120 valence electrons. The van der Waals surface area contributed by atoms with Crippen LogP contribution in [0.3, 0.4) is 0 Å². The predicted molar refractivity (Wildman–Crippen MR) is 84.6 cm³/mol. The fraction of sp³-hybridized carbons (Fsp3) is 0.562. The Kier molecular flexibility index (Phi) is 3.99. The van der Waals surface area contributed by atoms with E-state index in [1.54, 1.807) is 24.3 Å². The van der Waals surface area contributed by atoms with Crippen LogP contribution >= 0.6 is 0 Å². The van der Waals surface area contributed by atoms with E-state index in [9.17, 15) is 13.2 Å². The minimum Gasteiger partial charge on any atom is -0.349 e. The first kappa shape index (κ1) is 15.5. The lowest BCUT2D eigenvalue weighted by molar-refractivity contribution is 0.0942. The second-order valence-corrected chi connectivity index (χ2v) is 8.28. The highest BCUT2D eigenvalue weighted by Crippen LogP contribution is 2.56. The van der Waals surface area contributed by atoms with Gasteiger partial charge in [-0.2, -0.15) is 0 Å². The summed E-state index contributed by atoms with van der Waals surface area (Å²) in [5.74, 6) is -0.370. The number of sulfonamides is 1. The molecule has 1 unspecified atom stereocenters. The number of hydrogen-bond donors (Lipinski definition) is 2. The van der Waals surface area contributed by atoms with Gasteiger partial charge in [-0.25, -0.2) is 13.6 Å². The van der Waals surface area contributed by atoms with Gasteiger partial charge in [0.25, 0.3) is 5.91 Å². The Labute approximate surface area is 131 Å². The molecule has 1 atom stereocenters. The number of rotatable bonds is 4. The Bertz CT molecular complexity index is 678. The molecule has 0 aromatic heterocycles. The van der Waals surface area contributed by atoms with Crippen LogP contribution in [0.2, 0.25) is 0 Å². The molecular formula is C16H22N2O3S. The number of carbonyl (C=O) groups is 1. The summed E-state index contributed by atoms with van der Waals surface area (Å²) in [7, 11) is -3.58. The van der Waals surface area contributed by atoms with Gasteiger partial charge < -0.3 is 5.32 Å². The Balaban J connectivity index is 1.64. The van der Waals surface area contributed by atoms with Crippen molar-refractivity contribution in [2.24, 2.45) is 10.6 Å². The summed E-state index contributed by atoms with van der Waals surface area (Å²) < 4.78 is 22.3. The van der Waals surface area contributed by atoms with Crippen LogP contribution in [-0.4, -0.2) is 20.4 Å². The Morgan fingerprint density at radius 1 is 1.27 bits per heavy atom. The lowest BCUT2D eigenvalue weighted by atomic mass is 9.86. The number of hydrogen-bond acceptors (Lipinski definition) is 3. The van der Waals surface area contributed by atoms with Crippen LogP contribution < -0.4 is 10.5 Å². The molecule has 3 N–H and O–H groups in total. The van der Waals surface area contributed by atoms with Crippen molar-refractivity contribution < 1.29 is 13.2 Å². The topological polar surface area (TPSA) is 89.3 Å². The van der Waals surface area contributed by atoms with Crippen molar-refractivity contribution in [1.82, 2.24) is 5.32 Å². The van der Waals surface area contributed by atoms with Crippen molar-refractivity contribution in [3.8, 4) is 0 Å². The number of nitrogens with two attached hydrogens (primary N) is 1. The molecule has 1 amide bonds. The molecule has 6 heteroatoms. The maximum absolute atomic E-state index is 12.3. The molecule has 2 fully saturated rings. The minimum atomic E-state index is -3.58. The van der Waals surface area contributed by atoms with Gasteiger partial charge >= 0.3 is 0 Å². The zero-order valence-electron chi connectivity index (χ0n) is 12.5. The lowest BCUT2D eigenvalue weighted by Crippen LogP contribution is -2.30. The van der Waals surface area contributed by atoms with Gasteiger partial charge in [0.1, 0.15) is 0 Å². The van der Waals surface area contributed by atoms with Gasteiger partial charge in [-0.3, -0.25) is 4.79 Å². The number of carbonyl (C=O) groups excluding carboxylic acids is 1. The van der Waals surface area contributed by atoms with E-state index in [0.717, 1.165) is 6.42 Å². The van der Waals surface area contributed by atoms with Crippen molar-refractivity contribution >= 4 is 15.9 Å². The second-order valence-electron chi connectivity index (χ2n) is 6.66. The van der Waals surface area contributed by atoms with Gasteiger partial charge in [0, 0.05) is 11.6 Å². The van der Waals surface area contributed by atoms with Crippen LogP contribution in [-0.2, 0) is 15.8 Å². The molecule has 2 aliphatic rings. The molecule has 0 saturated heterocycles. The Morgan fingerprint density at radius 2 is 2.00 bits per heavy atom. The summed E-state index contributed by atoms with van der Waals surface area (Å²) in [6.45, 7) is 0. The molecule has 0 heterocycles. The van der Waals surface area contributed by atoms with E-state index in [-0.39, 0.29) is 17.7 Å². The van der Waals surface area contributed by atoms with E-state index in [4.69, 9.17) is 5.14 Å². The molecule has 1 spiro atoms. The molecule has 1 aromatic rings. The molecule has 0 bridgehead atoms. The molecule has 0 aliphatic heterocycles. The molecule has 5 nitrogen and oxygen atoms in total. The zero-order chi connectivity index (χ0) is 15.8. The maximum Gasteiger partial charge on any atom is 0.251 e. The smallest absolute Gasteiger partial charge is 0.251 e. The van der Waals surface area contributed by atoms with Gasteiger partial charge in [-0.15, -0.1) is 0 Å². The lowest BCUT2D eigenvalue weighted by Gasteiger charge is -2.22. The highest BCUT2D eigenvalue weighted by molar-refractivity contribution is 7.88.